The molecule has 0 radical (unpaired) electrons. The van der Waals surface area contributed by atoms with E-state index in [0.29, 0.717) is 22.1 Å². The number of nitrogen functional groups attached to an aromatic ring is 1. The SMILES string of the molecule is CC(C)(Cc1cccc(C(=O)O)c1I)OC(=O)N1[C@@H]2CC[C@@H](C2)[C@H]1C(=O)NC(C#N)Cc1cccc(N)c1. The third-order valence-electron chi connectivity index (χ3n) is 7.22. The fraction of sp³-hybridized carbons (Fsp3) is 0.429. The summed E-state index contributed by atoms with van der Waals surface area (Å²) in [5, 5.41) is 21.9. The zero-order valence-corrected chi connectivity index (χ0v) is 23.5. The smallest absolute Gasteiger partial charge is 0.411 e. The number of aromatic carboxylic acids is 1. The topological polar surface area (TPSA) is 146 Å². The van der Waals surface area contributed by atoms with E-state index in [0.717, 1.165) is 30.4 Å². The molecule has 2 bridgehead atoms. The molecule has 4 N–H and O–H groups in total. The van der Waals surface area contributed by atoms with Crippen molar-refractivity contribution in [1.82, 2.24) is 10.2 Å². The largest absolute Gasteiger partial charge is 0.478 e. The Bertz CT molecular complexity index is 1290. The molecule has 1 unspecified atom stereocenters. The van der Waals surface area contributed by atoms with E-state index in [9.17, 15) is 24.8 Å². The molecule has 4 rings (SSSR count). The summed E-state index contributed by atoms with van der Waals surface area (Å²) in [6.45, 7) is 3.55. The first kappa shape index (κ1) is 27.7. The number of hydrogen-bond donors (Lipinski definition) is 3. The summed E-state index contributed by atoms with van der Waals surface area (Å²) in [6.07, 6.45) is 2.40. The molecule has 0 aromatic heterocycles. The van der Waals surface area contributed by atoms with Crippen molar-refractivity contribution in [3.8, 4) is 6.07 Å². The van der Waals surface area contributed by atoms with Gasteiger partial charge in [-0.15, -0.1) is 0 Å². The number of benzene rings is 2. The predicted octanol–water partition coefficient (Wildman–Crippen LogP) is 4.13. The maximum Gasteiger partial charge on any atom is 0.411 e. The van der Waals surface area contributed by atoms with Crippen LogP contribution in [0.3, 0.4) is 0 Å². The summed E-state index contributed by atoms with van der Waals surface area (Å²) in [7, 11) is 0. The Kier molecular flexibility index (Phi) is 8.16. The highest BCUT2D eigenvalue weighted by molar-refractivity contribution is 14.1. The molecule has 1 saturated carbocycles. The molecule has 2 aromatic rings. The van der Waals surface area contributed by atoms with E-state index in [1.54, 1.807) is 43.0 Å². The number of nitrogens with one attached hydrogen (secondary N) is 1. The van der Waals surface area contributed by atoms with Gasteiger partial charge in [-0.2, -0.15) is 5.26 Å². The van der Waals surface area contributed by atoms with Crippen molar-refractivity contribution in [1.29, 1.82) is 5.26 Å². The maximum absolute atomic E-state index is 13.4. The summed E-state index contributed by atoms with van der Waals surface area (Å²) in [5.74, 6) is -1.36. The minimum Gasteiger partial charge on any atom is -0.478 e. The highest BCUT2D eigenvalue weighted by atomic mass is 127. The van der Waals surface area contributed by atoms with Crippen molar-refractivity contribution in [3.63, 3.8) is 0 Å². The van der Waals surface area contributed by atoms with E-state index in [2.05, 4.69) is 11.4 Å². The molecule has 1 aliphatic heterocycles. The summed E-state index contributed by atoms with van der Waals surface area (Å²) in [5.41, 5.74) is 7.28. The van der Waals surface area contributed by atoms with Gasteiger partial charge in [0.2, 0.25) is 5.91 Å². The van der Waals surface area contributed by atoms with Crippen molar-refractivity contribution in [2.24, 2.45) is 5.92 Å². The molecule has 2 aromatic carbocycles. The van der Waals surface area contributed by atoms with Gasteiger partial charge in [0.25, 0.3) is 0 Å². The number of amides is 2. The molecule has 1 aliphatic carbocycles. The van der Waals surface area contributed by atoms with E-state index in [4.69, 9.17) is 10.5 Å². The van der Waals surface area contributed by atoms with Crippen molar-refractivity contribution >= 4 is 46.2 Å². The van der Waals surface area contributed by atoms with Crippen LogP contribution in [0.2, 0.25) is 0 Å². The van der Waals surface area contributed by atoms with Crippen LogP contribution in [0.15, 0.2) is 42.5 Å². The quantitative estimate of drug-likeness (QED) is 0.294. The van der Waals surface area contributed by atoms with Crippen LogP contribution in [0.4, 0.5) is 10.5 Å². The Morgan fingerprint density at radius 1 is 1.26 bits per heavy atom. The minimum atomic E-state index is -1.01. The zero-order valence-electron chi connectivity index (χ0n) is 21.3. The van der Waals surface area contributed by atoms with Crippen molar-refractivity contribution in [2.75, 3.05) is 5.73 Å². The summed E-state index contributed by atoms with van der Waals surface area (Å²) in [6, 6.07) is 12.8. The first-order chi connectivity index (χ1) is 18.0. The molecule has 4 atom stereocenters. The number of carbonyl (C=O) groups excluding carboxylic acids is 2. The molecule has 1 heterocycles. The third-order valence-corrected chi connectivity index (χ3v) is 8.49. The van der Waals surface area contributed by atoms with Gasteiger partial charge in [-0.25, -0.2) is 9.59 Å². The van der Waals surface area contributed by atoms with Crippen molar-refractivity contribution in [3.05, 3.63) is 62.7 Å². The molecule has 2 fully saturated rings. The molecule has 38 heavy (non-hydrogen) atoms. The fourth-order valence-corrected chi connectivity index (χ4v) is 6.38. The van der Waals surface area contributed by atoms with E-state index < -0.39 is 29.7 Å². The highest BCUT2D eigenvalue weighted by Crippen LogP contribution is 2.43. The van der Waals surface area contributed by atoms with Crippen LogP contribution in [0.5, 0.6) is 0 Å². The number of ether oxygens (including phenoxy) is 1. The molecular weight excluding hydrogens is 599 g/mol. The van der Waals surface area contributed by atoms with E-state index in [-0.39, 0.29) is 23.4 Å². The average Bonchev–Trinajstić information content (AvgIpc) is 3.46. The first-order valence-electron chi connectivity index (χ1n) is 12.6. The van der Waals surface area contributed by atoms with Crippen molar-refractivity contribution in [2.45, 2.75) is 69.7 Å². The number of nitrogens with two attached hydrogens (primary N) is 1. The third kappa shape index (κ3) is 6.04. The molecule has 1 saturated heterocycles. The molecule has 200 valence electrons. The second-order valence-corrected chi connectivity index (χ2v) is 11.7. The van der Waals surface area contributed by atoms with E-state index in [1.165, 1.54) is 6.07 Å². The van der Waals surface area contributed by atoms with Gasteiger partial charge in [-0.1, -0.05) is 24.3 Å². The van der Waals surface area contributed by atoms with Gasteiger partial charge < -0.3 is 20.9 Å². The second kappa shape index (κ2) is 11.2. The van der Waals surface area contributed by atoms with Crippen LogP contribution in [-0.4, -0.2) is 51.7 Å². The van der Waals surface area contributed by atoms with Crippen molar-refractivity contribution < 1.29 is 24.2 Å². The monoisotopic (exact) mass is 630 g/mol. The van der Waals surface area contributed by atoms with E-state index >= 15 is 0 Å². The summed E-state index contributed by atoms with van der Waals surface area (Å²) in [4.78, 5) is 39.9. The minimum absolute atomic E-state index is 0.00979. The summed E-state index contributed by atoms with van der Waals surface area (Å²) < 4.78 is 6.53. The first-order valence-corrected chi connectivity index (χ1v) is 13.6. The normalized spacial score (nSPS) is 21.0. The lowest BCUT2D eigenvalue weighted by Gasteiger charge is -2.36. The second-order valence-electron chi connectivity index (χ2n) is 10.6. The lowest BCUT2D eigenvalue weighted by molar-refractivity contribution is -0.128. The Morgan fingerprint density at radius 2 is 2.00 bits per heavy atom. The number of nitrogens with zero attached hydrogens (tertiary/aromatic N) is 2. The van der Waals surface area contributed by atoms with E-state index in [1.807, 2.05) is 34.7 Å². The van der Waals surface area contributed by atoms with Crippen LogP contribution in [0.25, 0.3) is 0 Å². The van der Waals surface area contributed by atoms with Crippen LogP contribution < -0.4 is 11.1 Å². The number of halogens is 1. The number of carboxylic acid groups (broad SMARTS) is 1. The Balaban J connectivity index is 1.46. The van der Waals surface area contributed by atoms with Gasteiger partial charge in [0.1, 0.15) is 17.7 Å². The van der Waals surface area contributed by atoms with Crippen LogP contribution in [0, 0.1) is 20.8 Å². The highest BCUT2D eigenvalue weighted by Gasteiger charge is 2.52. The molecular formula is C28H31IN4O5. The van der Waals surface area contributed by atoms with Gasteiger partial charge in [0.15, 0.2) is 0 Å². The average molecular weight is 630 g/mol. The predicted molar refractivity (Wildman–Crippen MR) is 149 cm³/mol. The van der Waals surface area contributed by atoms with Gasteiger partial charge in [-0.3, -0.25) is 9.69 Å². The van der Waals surface area contributed by atoms with Crippen LogP contribution in [0.1, 0.15) is 54.6 Å². The number of fused-ring (bicyclic) bond motifs is 2. The number of likely N-dealkylation sites (tertiary alicyclic amines) is 1. The fourth-order valence-electron chi connectivity index (χ4n) is 5.60. The molecule has 2 amide bonds. The van der Waals surface area contributed by atoms with Crippen LogP contribution >= 0.6 is 22.6 Å². The number of piperidine rings is 1. The lowest BCUT2D eigenvalue weighted by Crippen LogP contribution is -2.55. The Hall–Kier alpha value is -3.33. The number of carboxylic acids is 1. The standard InChI is InChI=1S/C28H31IN4O5/c1-28(2,14-18-6-4-8-22(23(18)29)26(35)36)38-27(37)33-21-10-9-17(13-21)24(33)25(34)32-20(15-30)12-16-5-3-7-19(31)11-16/h3-8,11,17,20-21,24H,9-10,12-14,31H2,1-2H3,(H,32,34)(H,35,36)/t17-,20?,21+,24-/m0/s1. The maximum atomic E-state index is 13.4. The van der Waals surface area contributed by atoms with Gasteiger partial charge in [0, 0.05) is 28.1 Å². The number of hydrogen-bond acceptors (Lipinski definition) is 6. The molecule has 10 heteroatoms. The van der Waals surface area contributed by atoms with Gasteiger partial charge in [-0.05, 0) is 90.9 Å². The van der Waals surface area contributed by atoms with Gasteiger partial charge in [0.05, 0.1) is 11.6 Å². The number of nitriles is 1. The number of carbonyl (C=O) groups is 3. The molecule has 0 spiro atoms. The number of rotatable bonds is 8. The zero-order chi connectivity index (χ0) is 27.6. The summed E-state index contributed by atoms with van der Waals surface area (Å²) >= 11 is 2.00. The lowest BCUT2D eigenvalue weighted by atomic mass is 9.96. The number of anilines is 1. The molecule has 9 nitrogen and oxygen atoms in total. The Morgan fingerprint density at radius 3 is 2.68 bits per heavy atom. The Labute approximate surface area is 235 Å². The van der Waals surface area contributed by atoms with Crippen LogP contribution in [-0.2, 0) is 22.4 Å². The molecule has 2 aliphatic rings. The van der Waals surface area contributed by atoms with Gasteiger partial charge >= 0.3 is 12.1 Å².